The van der Waals surface area contributed by atoms with E-state index in [0.29, 0.717) is 0 Å². The lowest BCUT2D eigenvalue weighted by Crippen LogP contribution is -2.37. The van der Waals surface area contributed by atoms with Gasteiger partial charge in [0.2, 0.25) is 0 Å². The average Bonchev–Trinajstić information content (AvgIpc) is 2.39. The van der Waals surface area contributed by atoms with Gasteiger partial charge >= 0.3 is 0 Å². The van der Waals surface area contributed by atoms with Crippen LogP contribution >= 0.6 is 0 Å². The van der Waals surface area contributed by atoms with Crippen LogP contribution in [-0.4, -0.2) is 11.9 Å². The molecule has 0 amide bonds. The Morgan fingerprint density at radius 2 is 1.05 bits per heavy atom. The number of hydrogen-bond acceptors (Lipinski definition) is 4. The van der Waals surface area contributed by atoms with Crippen molar-refractivity contribution in [2.45, 2.75) is 13.8 Å². The fourth-order valence-corrected chi connectivity index (χ4v) is 1.58. The van der Waals surface area contributed by atoms with E-state index in [0.717, 1.165) is 13.8 Å². The van der Waals surface area contributed by atoms with Gasteiger partial charge in [0.25, 0.3) is 11.4 Å². The molecule has 0 N–H and O–H groups in total. The van der Waals surface area contributed by atoms with E-state index in [1.165, 1.54) is 11.4 Å². The lowest BCUT2D eigenvalue weighted by Gasteiger charge is -1.97. The minimum atomic E-state index is -1.08. The standard InChI is InChI=1S/C12H14N2.2C2H4O2/c1-13-9-5-3-7-11(13)12-8-4-6-10-14(12)2;2*1-2(3)4/h3-10H,1-2H3;2*1H3,(H,3,4)/q+2;;/p-2. The van der Waals surface area contributed by atoms with Crippen molar-refractivity contribution in [1.82, 2.24) is 0 Å². The number of aromatic nitrogens is 2. The molecule has 2 heterocycles. The molecule has 0 radical (unpaired) electrons. The number of carbonyl (C=O) groups excluding carboxylic acids is 2. The fourth-order valence-electron chi connectivity index (χ4n) is 1.58. The van der Waals surface area contributed by atoms with Gasteiger partial charge in [-0.1, -0.05) is 0 Å². The Hall–Kier alpha value is -2.76. The smallest absolute Gasteiger partial charge is 0.277 e. The summed E-state index contributed by atoms with van der Waals surface area (Å²) in [5, 5.41) is 17.8. The van der Waals surface area contributed by atoms with Gasteiger partial charge in [0.15, 0.2) is 12.4 Å². The van der Waals surface area contributed by atoms with Crippen LogP contribution in [0.2, 0.25) is 0 Å². The highest BCUT2D eigenvalue weighted by molar-refractivity contribution is 5.60. The number of carbonyl (C=O) groups is 2. The molecule has 0 atom stereocenters. The third-order valence-corrected chi connectivity index (χ3v) is 2.37. The van der Waals surface area contributed by atoms with Gasteiger partial charge in [-0.15, -0.1) is 0 Å². The summed E-state index contributed by atoms with van der Waals surface area (Å²) in [7, 11) is 4.12. The van der Waals surface area contributed by atoms with Crippen molar-refractivity contribution in [3.63, 3.8) is 0 Å². The van der Waals surface area contributed by atoms with Gasteiger partial charge in [-0.3, -0.25) is 0 Å². The average molecular weight is 304 g/mol. The van der Waals surface area contributed by atoms with Crippen LogP contribution in [0.1, 0.15) is 13.8 Å². The molecule has 0 unspecified atom stereocenters. The number of hydrogen-bond donors (Lipinski definition) is 0. The van der Waals surface area contributed by atoms with Gasteiger partial charge in [0.05, 0.1) is 0 Å². The maximum absolute atomic E-state index is 8.89. The Balaban J connectivity index is 0.000000464. The van der Waals surface area contributed by atoms with Crippen LogP contribution in [-0.2, 0) is 23.7 Å². The summed E-state index contributed by atoms with van der Waals surface area (Å²) in [6, 6.07) is 12.4. The molecule has 2 rings (SSSR count). The number of pyridine rings is 2. The van der Waals surface area contributed by atoms with E-state index in [1.54, 1.807) is 0 Å². The van der Waals surface area contributed by atoms with Gasteiger partial charge in [-0.2, -0.15) is 9.13 Å². The summed E-state index contributed by atoms with van der Waals surface area (Å²) >= 11 is 0. The Labute approximate surface area is 129 Å². The van der Waals surface area contributed by atoms with Crippen LogP contribution in [0.4, 0.5) is 0 Å². The molecule has 6 nitrogen and oxygen atoms in total. The second-order valence-corrected chi connectivity index (χ2v) is 4.38. The second-order valence-electron chi connectivity index (χ2n) is 4.38. The van der Waals surface area contributed by atoms with Crippen molar-refractivity contribution in [2.75, 3.05) is 0 Å². The van der Waals surface area contributed by atoms with Crippen LogP contribution in [0.5, 0.6) is 0 Å². The van der Waals surface area contributed by atoms with Crippen molar-refractivity contribution in [2.24, 2.45) is 14.1 Å². The lowest BCUT2D eigenvalue weighted by atomic mass is 10.2. The summed E-state index contributed by atoms with van der Waals surface area (Å²) in [5.74, 6) is -2.17. The van der Waals surface area contributed by atoms with E-state index < -0.39 is 11.9 Å². The van der Waals surface area contributed by atoms with Crippen LogP contribution in [0.3, 0.4) is 0 Å². The topological polar surface area (TPSA) is 88.0 Å². The van der Waals surface area contributed by atoms with E-state index >= 15 is 0 Å². The van der Waals surface area contributed by atoms with Crippen molar-refractivity contribution in [1.29, 1.82) is 0 Å². The van der Waals surface area contributed by atoms with Crippen molar-refractivity contribution in [3.8, 4) is 11.4 Å². The fraction of sp³-hybridized carbons (Fsp3) is 0.250. The zero-order valence-corrected chi connectivity index (χ0v) is 13.1. The summed E-state index contributed by atoms with van der Waals surface area (Å²) < 4.78 is 4.24. The minimum absolute atomic E-state index is 0.972. The molecule has 0 spiro atoms. The highest BCUT2D eigenvalue weighted by Gasteiger charge is 2.16. The van der Waals surface area contributed by atoms with E-state index in [-0.39, 0.29) is 0 Å². The van der Waals surface area contributed by atoms with Crippen molar-refractivity contribution < 1.29 is 28.9 Å². The SMILES string of the molecule is CC(=O)[O-].CC(=O)[O-].C[n+]1ccccc1-c1cccc[n+]1C. The third-order valence-electron chi connectivity index (χ3n) is 2.37. The molecular weight excluding hydrogens is 284 g/mol. The summed E-state index contributed by atoms with van der Waals surface area (Å²) in [6.45, 7) is 1.94. The normalized spacial score (nSPS) is 8.73. The van der Waals surface area contributed by atoms with E-state index in [9.17, 15) is 0 Å². The zero-order valence-electron chi connectivity index (χ0n) is 13.1. The number of aryl methyl sites for hydroxylation is 2. The van der Waals surface area contributed by atoms with Crippen LogP contribution in [0.25, 0.3) is 11.4 Å². The van der Waals surface area contributed by atoms with Gasteiger partial charge in [0.1, 0.15) is 14.1 Å². The molecule has 0 fully saturated rings. The van der Waals surface area contributed by atoms with Gasteiger partial charge in [-0.25, -0.2) is 0 Å². The molecule has 2 aromatic heterocycles. The van der Waals surface area contributed by atoms with Crippen molar-refractivity contribution >= 4 is 11.9 Å². The van der Waals surface area contributed by atoms with Crippen LogP contribution in [0, 0.1) is 0 Å². The highest BCUT2D eigenvalue weighted by atomic mass is 16.4. The number of rotatable bonds is 1. The van der Waals surface area contributed by atoms with Gasteiger partial charge < -0.3 is 19.8 Å². The molecule has 0 saturated carbocycles. The Morgan fingerprint density at radius 1 is 0.773 bits per heavy atom. The molecule has 0 aliphatic carbocycles. The number of nitrogens with zero attached hydrogens (tertiary/aromatic N) is 2. The van der Waals surface area contributed by atoms with Gasteiger partial charge in [0, 0.05) is 36.2 Å². The summed E-state index contributed by atoms with van der Waals surface area (Å²) in [4.78, 5) is 17.8. The molecule has 0 aliphatic rings. The monoisotopic (exact) mass is 304 g/mol. The molecule has 22 heavy (non-hydrogen) atoms. The van der Waals surface area contributed by atoms with E-state index in [4.69, 9.17) is 19.8 Å². The van der Waals surface area contributed by atoms with Crippen molar-refractivity contribution in [3.05, 3.63) is 48.8 Å². The Bertz CT molecular complexity index is 564. The molecule has 0 bridgehead atoms. The first-order valence-electron chi connectivity index (χ1n) is 6.50. The molecule has 118 valence electrons. The molecule has 6 heteroatoms. The second kappa shape index (κ2) is 10.0. The number of carboxylic acid groups (broad SMARTS) is 2. The van der Waals surface area contributed by atoms with Crippen LogP contribution < -0.4 is 19.3 Å². The molecule has 0 saturated heterocycles. The van der Waals surface area contributed by atoms with Crippen LogP contribution in [0.15, 0.2) is 48.8 Å². The number of aliphatic carboxylic acids is 2. The summed E-state index contributed by atoms with van der Waals surface area (Å²) in [5.41, 5.74) is 2.44. The quantitative estimate of drug-likeness (QED) is 0.601. The molecule has 0 aliphatic heterocycles. The Morgan fingerprint density at radius 3 is 1.27 bits per heavy atom. The third kappa shape index (κ3) is 8.42. The maximum Gasteiger partial charge on any atom is 0.277 e. The lowest BCUT2D eigenvalue weighted by molar-refractivity contribution is -0.690. The first-order valence-corrected chi connectivity index (χ1v) is 6.50. The summed E-state index contributed by atoms with van der Waals surface area (Å²) in [6.07, 6.45) is 4.12. The van der Waals surface area contributed by atoms with E-state index in [1.807, 2.05) is 12.1 Å². The predicted octanol–water partition coefficient (Wildman–Crippen LogP) is -1.48. The highest BCUT2D eigenvalue weighted by Crippen LogP contribution is 2.07. The van der Waals surface area contributed by atoms with Gasteiger partial charge in [-0.05, 0) is 26.0 Å². The zero-order chi connectivity index (χ0) is 17.1. The maximum atomic E-state index is 8.89. The first-order chi connectivity index (χ1) is 10.3. The predicted molar refractivity (Wildman–Crippen MR) is 75.6 cm³/mol. The molecule has 0 aromatic carbocycles. The van der Waals surface area contributed by atoms with E-state index in [2.05, 4.69) is 59.9 Å². The molecular formula is C16H20N2O4. The first kappa shape index (κ1) is 19.2. The molecule has 2 aromatic rings. The largest absolute Gasteiger partial charge is 0.550 e. The Kier molecular flexibility index (Phi) is 8.78. The number of carboxylic acids is 2. The minimum Gasteiger partial charge on any atom is -0.550 e.